The summed E-state index contributed by atoms with van der Waals surface area (Å²) in [5, 5.41) is 10.9. The zero-order valence-electron chi connectivity index (χ0n) is 14.3. The molecule has 0 saturated heterocycles. The van der Waals surface area contributed by atoms with Crippen molar-refractivity contribution in [3.63, 3.8) is 0 Å². The average Bonchev–Trinajstić information content (AvgIpc) is 2.92. The Kier molecular flexibility index (Phi) is 4.62. The summed E-state index contributed by atoms with van der Waals surface area (Å²) in [6.45, 7) is 6.51. The van der Waals surface area contributed by atoms with Crippen LogP contribution in [0, 0.1) is 10.1 Å². The first-order chi connectivity index (χ1) is 11.8. The predicted molar refractivity (Wildman–Crippen MR) is 94.9 cm³/mol. The van der Waals surface area contributed by atoms with E-state index >= 15 is 0 Å². The molecule has 1 aliphatic heterocycles. The second kappa shape index (κ2) is 6.57. The van der Waals surface area contributed by atoms with Crippen LogP contribution in [0.25, 0.3) is 10.4 Å². The van der Waals surface area contributed by atoms with Crippen LogP contribution in [0.15, 0.2) is 24.3 Å². The molecule has 25 heavy (non-hydrogen) atoms. The highest BCUT2D eigenvalue weighted by molar-refractivity contribution is 7.16. The Morgan fingerprint density at radius 2 is 2.04 bits per heavy atom. The zero-order chi connectivity index (χ0) is 18.2. The lowest BCUT2D eigenvalue weighted by molar-refractivity contribution is -0.384. The van der Waals surface area contributed by atoms with Crippen molar-refractivity contribution in [1.29, 1.82) is 0 Å². The first-order valence-corrected chi connectivity index (χ1v) is 8.84. The van der Waals surface area contributed by atoms with Gasteiger partial charge in [-0.25, -0.2) is 4.79 Å². The number of nitro benzene ring substituents is 1. The molecule has 0 aliphatic carbocycles. The molecule has 132 valence electrons. The van der Waals surface area contributed by atoms with Crippen LogP contribution >= 0.6 is 11.3 Å². The van der Waals surface area contributed by atoms with E-state index in [2.05, 4.69) is 0 Å². The molecule has 0 spiro atoms. The highest BCUT2D eigenvalue weighted by Gasteiger charge is 2.34. The van der Waals surface area contributed by atoms with E-state index in [1.807, 2.05) is 13.8 Å². The Labute approximate surface area is 149 Å². The van der Waals surface area contributed by atoms with Gasteiger partial charge >= 0.3 is 5.97 Å². The summed E-state index contributed by atoms with van der Waals surface area (Å²) in [6.07, 6.45) is 0.625. The van der Waals surface area contributed by atoms with Gasteiger partial charge in [0.15, 0.2) is 0 Å². The Morgan fingerprint density at radius 1 is 1.36 bits per heavy atom. The Morgan fingerprint density at radius 3 is 2.64 bits per heavy atom. The molecule has 3 rings (SSSR count). The van der Waals surface area contributed by atoms with Gasteiger partial charge in [-0.2, -0.15) is 0 Å². The lowest BCUT2D eigenvalue weighted by Gasteiger charge is -2.30. The molecule has 0 atom stereocenters. The molecule has 0 saturated carbocycles. The largest absolute Gasteiger partial charge is 0.462 e. The van der Waals surface area contributed by atoms with Crippen molar-refractivity contribution in [3.8, 4) is 10.4 Å². The quantitative estimate of drug-likeness (QED) is 0.459. The highest BCUT2D eigenvalue weighted by Crippen LogP contribution is 2.42. The van der Waals surface area contributed by atoms with Crippen molar-refractivity contribution in [3.05, 3.63) is 50.4 Å². The van der Waals surface area contributed by atoms with Gasteiger partial charge in [0.2, 0.25) is 0 Å². The Bertz CT molecular complexity index is 823. The molecule has 0 N–H and O–H groups in total. The molecule has 1 aliphatic rings. The summed E-state index contributed by atoms with van der Waals surface area (Å²) in [7, 11) is 0. The smallest absolute Gasteiger partial charge is 0.339 e. The topological polar surface area (TPSA) is 78.7 Å². The maximum atomic E-state index is 12.6. The van der Waals surface area contributed by atoms with Crippen molar-refractivity contribution in [2.45, 2.75) is 39.4 Å². The van der Waals surface area contributed by atoms with Crippen molar-refractivity contribution < 1.29 is 19.2 Å². The lowest BCUT2D eigenvalue weighted by atomic mass is 9.91. The number of hydrogen-bond acceptors (Lipinski definition) is 6. The number of thiophene rings is 1. The number of nitrogens with zero attached hydrogens (tertiary/aromatic N) is 1. The molecule has 1 aromatic heterocycles. The van der Waals surface area contributed by atoms with Crippen LogP contribution in [0.1, 0.15) is 41.6 Å². The van der Waals surface area contributed by atoms with Crippen molar-refractivity contribution in [2.75, 3.05) is 6.61 Å². The van der Waals surface area contributed by atoms with Crippen LogP contribution in [-0.4, -0.2) is 23.1 Å². The van der Waals surface area contributed by atoms with Gasteiger partial charge in [-0.05, 0) is 44.0 Å². The molecule has 1 aromatic carbocycles. The summed E-state index contributed by atoms with van der Waals surface area (Å²) >= 11 is 1.49. The molecule has 2 aromatic rings. The van der Waals surface area contributed by atoms with E-state index in [1.54, 1.807) is 19.1 Å². The normalized spacial score (nSPS) is 15.5. The number of hydrogen-bond donors (Lipinski definition) is 0. The van der Waals surface area contributed by atoms with Gasteiger partial charge in [0, 0.05) is 28.3 Å². The van der Waals surface area contributed by atoms with Crippen LogP contribution in [0.2, 0.25) is 0 Å². The van der Waals surface area contributed by atoms with Crippen LogP contribution in [-0.2, 0) is 22.5 Å². The van der Waals surface area contributed by atoms with Crippen LogP contribution in [0.4, 0.5) is 5.69 Å². The third-order valence-electron chi connectivity index (χ3n) is 4.11. The second-order valence-electron chi connectivity index (χ2n) is 6.46. The summed E-state index contributed by atoms with van der Waals surface area (Å²) in [4.78, 5) is 24.8. The number of fused-ring (bicyclic) bond motifs is 1. The van der Waals surface area contributed by atoms with Gasteiger partial charge in [0.1, 0.15) is 0 Å². The van der Waals surface area contributed by atoms with E-state index < -0.39 is 4.92 Å². The van der Waals surface area contributed by atoms with E-state index in [9.17, 15) is 14.9 Å². The number of esters is 1. The van der Waals surface area contributed by atoms with E-state index in [-0.39, 0.29) is 17.3 Å². The third kappa shape index (κ3) is 3.43. The van der Waals surface area contributed by atoms with Crippen molar-refractivity contribution >= 4 is 23.0 Å². The summed E-state index contributed by atoms with van der Waals surface area (Å²) in [6, 6.07) is 6.24. The number of non-ortho nitro benzene ring substituents is 1. The average molecular weight is 361 g/mol. The third-order valence-corrected chi connectivity index (χ3v) is 5.36. The second-order valence-corrected chi connectivity index (χ2v) is 7.56. The molecular formula is C18H19NO5S. The fraction of sp³-hybridized carbons (Fsp3) is 0.389. The molecule has 2 heterocycles. The first kappa shape index (κ1) is 17.6. The molecule has 0 fully saturated rings. The number of nitro groups is 1. The van der Waals surface area contributed by atoms with Crippen LogP contribution in [0.3, 0.4) is 0 Å². The Balaban J connectivity index is 2.11. The highest BCUT2D eigenvalue weighted by atomic mass is 32.1. The van der Waals surface area contributed by atoms with E-state index in [0.29, 0.717) is 25.2 Å². The van der Waals surface area contributed by atoms with Gasteiger partial charge in [-0.3, -0.25) is 10.1 Å². The molecule has 0 unspecified atom stereocenters. The summed E-state index contributed by atoms with van der Waals surface area (Å²) < 4.78 is 11.1. The SMILES string of the molecule is CCOC(=O)c1c(-c2ccc([N+](=O)[O-])cc2)sc2c1CC(C)(C)OC2. The monoisotopic (exact) mass is 361 g/mol. The lowest BCUT2D eigenvalue weighted by Crippen LogP contribution is -2.32. The fourth-order valence-corrected chi connectivity index (χ4v) is 4.13. The van der Waals surface area contributed by atoms with Gasteiger partial charge in [0.05, 0.1) is 29.3 Å². The van der Waals surface area contributed by atoms with Crippen molar-refractivity contribution in [1.82, 2.24) is 0 Å². The molecule has 0 bridgehead atoms. The molecule has 6 nitrogen and oxygen atoms in total. The number of carbonyl (C=O) groups excluding carboxylic acids is 1. The minimum atomic E-state index is -0.439. The molecular weight excluding hydrogens is 342 g/mol. The molecule has 0 radical (unpaired) electrons. The minimum absolute atomic E-state index is 0.0206. The predicted octanol–water partition coefficient (Wildman–Crippen LogP) is 4.35. The van der Waals surface area contributed by atoms with Gasteiger partial charge in [0.25, 0.3) is 5.69 Å². The number of ether oxygens (including phenoxy) is 2. The first-order valence-electron chi connectivity index (χ1n) is 8.03. The Hall–Kier alpha value is -2.25. The van der Waals surface area contributed by atoms with Gasteiger partial charge in [-0.1, -0.05) is 0 Å². The maximum absolute atomic E-state index is 12.6. The van der Waals surface area contributed by atoms with E-state index in [0.717, 1.165) is 20.9 Å². The van der Waals surface area contributed by atoms with E-state index in [1.165, 1.54) is 23.5 Å². The number of rotatable bonds is 4. The standard InChI is InChI=1S/C18H19NO5S/c1-4-23-17(20)15-13-9-18(2,3)24-10-14(13)25-16(15)11-5-7-12(8-6-11)19(21)22/h5-8H,4,9-10H2,1-3H3. The van der Waals surface area contributed by atoms with Gasteiger partial charge in [-0.15, -0.1) is 11.3 Å². The molecule has 7 heteroatoms. The summed E-state index contributed by atoms with van der Waals surface area (Å²) in [5.41, 5.74) is 1.97. The fourth-order valence-electron chi connectivity index (χ4n) is 2.91. The van der Waals surface area contributed by atoms with E-state index in [4.69, 9.17) is 9.47 Å². The summed E-state index contributed by atoms with van der Waals surface area (Å²) in [5.74, 6) is -0.356. The minimum Gasteiger partial charge on any atom is -0.462 e. The van der Waals surface area contributed by atoms with Crippen molar-refractivity contribution in [2.24, 2.45) is 0 Å². The zero-order valence-corrected chi connectivity index (χ0v) is 15.1. The van der Waals surface area contributed by atoms with Crippen LogP contribution < -0.4 is 0 Å². The number of benzene rings is 1. The maximum Gasteiger partial charge on any atom is 0.339 e. The molecule has 0 amide bonds. The number of carbonyl (C=O) groups is 1. The van der Waals surface area contributed by atoms with Crippen LogP contribution in [0.5, 0.6) is 0 Å². The van der Waals surface area contributed by atoms with Gasteiger partial charge < -0.3 is 9.47 Å².